The average Bonchev–Trinajstić information content (AvgIpc) is 2.73. The van der Waals surface area contributed by atoms with Crippen LogP contribution in [0.1, 0.15) is 22.5 Å². The van der Waals surface area contributed by atoms with E-state index in [1.54, 1.807) is 13.3 Å². The minimum absolute atomic E-state index is 0.689. The van der Waals surface area contributed by atoms with Crippen LogP contribution in [0.3, 0.4) is 0 Å². The van der Waals surface area contributed by atoms with Gasteiger partial charge in [-0.15, -0.1) is 0 Å². The number of hydrazone groups is 1. The van der Waals surface area contributed by atoms with E-state index in [4.69, 9.17) is 10.5 Å². The summed E-state index contributed by atoms with van der Waals surface area (Å²) in [6, 6.07) is 7.33. The van der Waals surface area contributed by atoms with E-state index < -0.39 is 6.03 Å². The van der Waals surface area contributed by atoms with E-state index in [-0.39, 0.29) is 0 Å². The van der Waals surface area contributed by atoms with E-state index in [0.717, 1.165) is 34.0 Å². The average molecular weight is 300 g/mol. The van der Waals surface area contributed by atoms with Crippen LogP contribution in [0, 0.1) is 20.8 Å². The van der Waals surface area contributed by atoms with Crippen molar-refractivity contribution in [2.45, 2.75) is 20.8 Å². The number of hydrogen-bond donors (Lipinski definition) is 2. The number of rotatable bonds is 4. The van der Waals surface area contributed by atoms with Gasteiger partial charge in [0.1, 0.15) is 5.75 Å². The summed E-state index contributed by atoms with van der Waals surface area (Å²) < 4.78 is 7.55. The Morgan fingerprint density at radius 2 is 2.05 bits per heavy atom. The van der Waals surface area contributed by atoms with E-state index in [2.05, 4.69) is 21.2 Å². The van der Waals surface area contributed by atoms with Gasteiger partial charge in [0.25, 0.3) is 0 Å². The maximum Gasteiger partial charge on any atom is 0.332 e. The number of methoxy groups -OCH3 is 1. The fourth-order valence-electron chi connectivity index (χ4n) is 2.43. The number of nitrogens with zero attached hydrogens (tertiary/aromatic N) is 2. The van der Waals surface area contributed by atoms with Gasteiger partial charge in [-0.1, -0.05) is 6.07 Å². The molecule has 2 aromatic rings. The predicted molar refractivity (Wildman–Crippen MR) is 86.8 cm³/mol. The molecule has 6 nitrogen and oxygen atoms in total. The van der Waals surface area contributed by atoms with Crippen molar-refractivity contribution in [2.75, 3.05) is 7.11 Å². The zero-order chi connectivity index (χ0) is 16.3. The molecule has 0 unspecified atom stereocenters. The summed E-state index contributed by atoms with van der Waals surface area (Å²) in [4.78, 5) is 10.7. The number of carbonyl (C=O) groups is 1. The van der Waals surface area contributed by atoms with Crippen molar-refractivity contribution >= 4 is 12.2 Å². The number of ether oxygens (including phenoxy) is 1. The Bertz CT molecular complexity index is 732. The number of nitrogens with two attached hydrogens (primary N) is 1. The van der Waals surface area contributed by atoms with Gasteiger partial charge in [0, 0.05) is 17.0 Å². The molecular formula is C16H20N4O2. The Morgan fingerprint density at radius 1 is 1.32 bits per heavy atom. The van der Waals surface area contributed by atoms with Gasteiger partial charge in [-0.2, -0.15) is 5.10 Å². The molecule has 2 amide bonds. The molecular weight excluding hydrogens is 280 g/mol. The zero-order valence-electron chi connectivity index (χ0n) is 13.2. The van der Waals surface area contributed by atoms with E-state index in [9.17, 15) is 4.79 Å². The second kappa shape index (κ2) is 6.34. The van der Waals surface area contributed by atoms with Crippen molar-refractivity contribution in [3.8, 4) is 11.4 Å². The third-order valence-electron chi connectivity index (χ3n) is 3.42. The highest BCUT2D eigenvalue weighted by Gasteiger charge is 2.13. The van der Waals surface area contributed by atoms with Crippen LogP contribution in [0.25, 0.3) is 5.69 Å². The third kappa shape index (κ3) is 3.11. The monoisotopic (exact) mass is 300 g/mol. The summed E-state index contributed by atoms with van der Waals surface area (Å²) in [6.07, 6.45) is 1.58. The van der Waals surface area contributed by atoms with Gasteiger partial charge >= 0.3 is 6.03 Å². The van der Waals surface area contributed by atoms with Gasteiger partial charge in [-0.25, -0.2) is 10.2 Å². The Labute approximate surface area is 129 Å². The summed E-state index contributed by atoms with van der Waals surface area (Å²) in [6.45, 7) is 6.03. The van der Waals surface area contributed by atoms with Crippen molar-refractivity contribution in [3.05, 3.63) is 46.8 Å². The van der Waals surface area contributed by atoms with Gasteiger partial charge in [-0.3, -0.25) is 0 Å². The van der Waals surface area contributed by atoms with Crippen molar-refractivity contribution in [3.63, 3.8) is 0 Å². The molecule has 6 heteroatoms. The topological polar surface area (TPSA) is 81.6 Å². The van der Waals surface area contributed by atoms with Crippen molar-refractivity contribution in [1.82, 2.24) is 9.99 Å². The predicted octanol–water partition coefficient (Wildman–Crippen LogP) is 2.41. The highest BCUT2D eigenvalue weighted by atomic mass is 16.5. The van der Waals surface area contributed by atoms with Gasteiger partial charge in [0.05, 0.1) is 19.0 Å². The summed E-state index contributed by atoms with van der Waals surface area (Å²) >= 11 is 0. The lowest BCUT2D eigenvalue weighted by Crippen LogP contribution is -2.24. The Hall–Kier alpha value is -2.76. The number of aromatic nitrogens is 1. The first-order valence-corrected chi connectivity index (χ1v) is 6.86. The number of nitrogens with one attached hydrogen (secondary N) is 1. The largest absolute Gasteiger partial charge is 0.495 e. The Morgan fingerprint density at radius 3 is 2.68 bits per heavy atom. The lowest BCUT2D eigenvalue weighted by Gasteiger charge is -2.14. The van der Waals surface area contributed by atoms with Gasteiger partial charge in [0.15, 0.2) is 0 Å². The molecule has 0 aliphatic heterocycles. The van der Waals surface area contributed by atoms with Gasteiger partial charge in [-0.05, 0) is 44.5 Å². The lowest BCUT2D eigenvalue weighted by molar-refractivity contribution is 0.249. The number of primary amides is 1. The van der Waals surface area contributed by atoms with Crippen molar-refractivity contribution < 1.29 is 9.53 Å². The van der Waals surface area contributed by atoms with Crippen molar-refractivity contribution in [1.29, 1.82) is 0 Å². The molecule has 22 heavy (non-hydrogen) atoms. The Kier molecular flexibility index (Phi) is 4.50. The molecule has 0 radical (unpaired) electrons. The minimum atomic E-state index is -0.689. The van der Waals surface area contributed by atoms with Gasteiger partial charge in [0.2, 0.25) is 0 Å². The molecule has 116 valence electrons. The van der Waals surface area contributed by atoms with E-state index in [1.807, 2.05) is 39.0 Å². The molecule has 0 atom stereocenters. The van der Waals surface area contributed by atoms with Crippen LogP contribution in [0.15, 0.2) is 29.4 Å². The molecule has 2 rings (SSSR count). The first-order chi connectivity index (χ1) is 10.4. The van der Waals surface area contributed by atoms with Crippen LogP contribution in [0.4, 0.5) is 4.79 Å². The highest BCUT2D eigenvalue weighted by molar-refractivity contribution is 5.83. The number of carbonyl (C=O) groups excluding carboxylic acids is 1. The molecule has 0 aliphatic rings. The second-order valence-corrected chi connectivity index (χ2v) is 5.07. The van der Waals surface area contributed by atoms with E-state index in [1.165, 1.54) is 0 Å². The maximum atomic E-state index is 10.7. The molecule has 3 N–H and O–H groups in total. The minimum Gasteiger partial charge on any atom is -0.495 e. The number of hydrogen-bond acceptors (Lipinski definition) is 3. The molecule has 0 bridgehead atoms. The highest BCUT2D eigenvalue weighted by Crippen LogP contribution is 2.28. The van der Waals surface area contributed by atoms with Crippen LogP contribution in [-0.4, -0.2) is 23.9 Å². The number of urea groups is 1. The molecule has 1 heterocycles. The number of amides is 2. The molecule has 0 aliphatic carbocycles. The number of benzene rings is 1. The molecule has 1 aromatic heterocycles. The molecule has 0 spiro atoms. The van der Waals surface area contributed by atoms with Crippen LogP contribution in [0.5, 0.6) is 5.75 Å². The molecule has 0 saturated heterocycles. The summed E-state index contributed by atoms with van der Waals surface area (Å²) in [5.41, 5.74) is 12.2. The summed E-state index contributed by atoms with van der Waals surface area (Å²) in [5.74, 6) is 0.797. The fraction of sp³-hybridized carbons (Fsp3) is 0.250. The van der Waals surface area contributed by atoms with Gasteiger partial charge < -0.3 is 15.0 Å². The van der Waals surface area contributed by atoms with Crippen LogP contribution >= 0.6 is 0 Å². The van der Waals surface area contributed by atoms with Crippen molar-refractivity contribution in [2.24, 2.45) is 10.8 Å². The van der Waals surface area contributed by atoms with E-state index >= 15 is 0 Å². The second-order valence-electron chi connectivity index (χ2n) is 5.07. The molecule has 0 fully saturated rings. The third-order valence-corrected chi connectivity index (χ3v) is 3.42. The fourth-order valence-corrected chi connectivity index (χ4v) is 2.43. The van der Waals surface area contributed by atoms with Crippen LogP contribution in [-0.2, 0) is 0 Å². The zero-order valence-corrected chi connectivity index (χ0v) is 13.2. The SMILES string of the molecule is COc1ccc(C)cc1-n1c(C)cc(/C=N\NC(N)=O)c1C. The number of aryl methyl sites for hydroxylation is 2. The van der Waals surface area contributed by atoms with Crippen LogP contribution in [0.2, 0.25) is 0 Å². The van der Waals surface area contributed by atoms with E-state index in [0.29, 0.717) is 0 Å². The van der Waals surface area contributed by atoms with Crippen LogP contribution < -0.4 is 15.9 Å². The molecule has 0 saturated carbocycles. The first kappa shape index (κ1) is 15.6. The normalized spacial score (nSPS) is 10.9. The quantitative estimate of drug-likeness (QED) is 0.671. The molecule has 1 aromatic carbocycles. The summed E-state index contributed by atoms with van der Waals surface area (Å²) in [5, 5.41) is 3.82. The smallest absolute Gasteiger partial charge is 0.332 e. The standard InChI is InChI=1S/C16H20N4O2/c1-10-5-6-15(22-4)14(7-10)20-11(2)8-13(12(20)3)9-18-19-16(17)21/h5-9H,1-4H3,(H3,17,19,21)/b18-9-. The maximum absolute atomic E-state index is 10.7. The Balaban J connectivity index is 2.49. The lowest BCUT2D eigenvalue weighted by atomic mass is 10.2. The summed E-state index contributed by atoms with van der Waals surface area (Å²) in [7, 11) is 1.65. The first-order valence-electron chi connectivity index (χ1n) is 6.86.